The van der Waals surface area contributed by atoms with Gasteiger partial charge in [-0.05, 0) is 48.4 Å². The molecule has 2 aromatic rings. The number of anilines is 1. The van der Waals surface area contributed by atoms with E-state index < -0.39 is 24.3 Å². The fourth-order valence-electron chi connectivity index (χ4n) is 1.83. The molecular weight excluding hydrogens is 333 g/mol. The second-order valence-corrected chi connectivity index (χ2v) is 5.42. The number of carbonyl (C=O) groups excluding carboxylic acids is 2. The highest BCUT2D eigenvalue weighted by Crippen LogP contribution is 2.17. The zero-order valence-corrected chi connectivity index (χ0v) is 13.6. The minimum Gasteiger partial charge on any atom is -0.452 e. The molecule has 0 aliphatic rings. The molecule has 2 aromatic carbocycles. The molecular formula is C18H15ClFNO3. The van der Waals surface area contributed by atoms with E-state index in [2.05, 4.69) is 5.32 Å². The Morgan fingerprint density at radius 3 is 2.75 bits per heavy atom. The van der Waals surface area contributed by atoms with Gasteiger partial charge in [0.15, 0.2) is 6.61 Å². The van der Waals surface area contributed by atoms with E-state index in [1.165, 1.54) is 36.4 Å². The molecule has 0 atom stereocenters. The number of carbonyl (C=O) groups is 2. The molecule has 24 heavy (non-hydrogen) atoms. The van der Waals surface area contributed by atoms with Crippen LogP contribution in [0.5, 0.6) is 0 Å². The van der Waals surface area contributed by atoms with Crippen LogP contribution in [0.2, 0.25) is 5.02 Å². The van der Waals surface area contributed by atoms with Crippen molar-refractivity contribution in [2.24, 2.45) is 0 Å². The Morgan fingerprint density at radius 2 is 2.04 bits per heavy atom. The van der Waals surface area contributed by atoms with Crippen molar-refractivity contribution in [2.75, 3.05) is 11.9 Å². The number of ether oxygens (including phenoxy) is 1. The van der Waals surface area contributed by atoms with Crippen molar-refractivity contribution in [1.29, 1.82) is 0 Å². The first kappa shape index (κ1) is 17.7. The molecule has 0 unspecified atom stereocenters. The average molecular weight is 348 g/mol. The molecule has 124 valence electrons. The minimum absolute atomic E-state index is 0.292. The first-order valence-corrected chi connectivity index (χ1v) is 7.48. The third-order valence-corrected chi connectivity index (χ3v) is 3.47. The summed E-state index contributed by atoms with van der Waals surface area (Å²) in [6.07, 6.45) is 2.74. The molecule has 0 bridgehead atoms. The van der Waals surface area contributed by atoms with Crippen LogP contribution in [0.4, 0.5) is 10.1 Å². The molecule has 1 amide bonds. The standard InChI is InChI=1S/C18H15ClFNO3/c1-12-5-6-13(9-16(12)19)7-8-18(23)24-11-17(22)21-15-4-2-3-14(20)10-15/h2-10H,11H2,1H3,(H,21,22)/b8-7+. The van der Waals surface area contributed by atoms with Gasteiger partial charge in [-0.15, -0.1) is 0 Å². The van der Waals surface area contributed by atoms with Gasteiger partial charge in [-0.1, -0.05) is 29.8 Å². The lowest BCUT2D eigenvalue weighted by Crippen LogP contribution is -2.20. The number of aryl methyl sites for hydroxylation is 1. The van der Waals surface area contributed by atoms with Crippen LogP contribution < -0.4 is 5.32 Å². The largest absolute Gasteiger partial charge is 0.452 e. The molecule has 0 aliphatic heterocycles. The molecule has 6 heteroatoms. The molecule has 0 radical (unpaired) electrons. The van der Waals surface area contributed by atoms with Crippen LogP contribution in [0.25, 0.3) is 6.08 Å². The monoisotopic (exact) mass is 347 g/mol. The Morgan fingerprint density at radius 1 is 1.25 bits per heavy atom. The average Bonchev–Trinajstić information content (AvgIpc) is 2.54. The summed E-state index contributed by atoms with van der Waals surface area (Å²) in [5, 5.41) is 3.03. The highest BCUT2D eigenvalue weighted by molar-refractivity contribution is 6.31. The van der Waals surface area contributed by atoms with Crippen molar-refractivity contribution >= 4 is 35.2 Å². The van der Waals surface area contributed by atoms with Gasteiger partial charge >= 0.3 is 5.97 Å². The first-order chi connectivity index (χ1) is 11.4. The maximum absolute atomic E-state index is 13.0. The molecule has 0 saturated carbocycles. The molecule has 0 saturated heterocycles. The lowest BCUT2D eigenvalue weighted by atomic mass is 10.1. The van der Waals surface area contributed by atoms with Gasteiger partial charge < -0.3 is 10.1 Å². The summed E-state index contributed by atoms with van der Waals surface area (Å²) < 4.78 is 17.8. The second-order valence-electron chi connectivity index (χ2n) is 5.01. The Bertz CT molecular complexity index is 790. The van der Waals surface area contributed by atoms with E-state index in [1.807, 2.05) is 19.1 Å². The van der Waals surface area contributed by atoms with E-state index in [0.29, 0.717) is 10.7 Å². The molecule has 0 heterocycles. The smallest absolute Gasteiger partial charge is 0.331 e. The van der Waals surface area contributed by atoms with E-state index in [-0.39, 0.29) is 0 Å². The summed E-state index contributed by atoms with van der Waals surface area (Å²) in [5.41, 5.74) is 1.97. The van der Waals surface area contributed by atoms with E-state index in [4.69, 9.17) is 16.3 Å². The van der Waals surface area contributed by atoms with Gasteiger partial charge in [0.25, 0.3) is 5.91 Å². The number of hydrogen-bond acceptors (Lipinski definition) is 3. The van der Waals surface area contributed by atoms with Crippen molar-refractivity contribution in [3.8, 4) is 0 Å². The number of rotatable bonds is 5. The topological polar surface area (TPSA) is 55.4 Å². The van der Waals surface area contributed by atoms with Gasteiger partial charge in [-0.25, -0.2) is 9.18 Å². The van der Waals surface area contributed by atoms with Crippen LogP contribution >= 0.6 is 11.6 Å². The van der Waals surface area contributed by atoms with E-state index in [0.717, 1.165) is 11.1 Å². The van der Waals surface area contributed by atoms with E-state index in [1.54, 1.807) is 6.07 Å². The maximum atomic E-state index is 13.0. The minimum atomic E-state index is -0.666. The van der Waals surface area contributed by atoms with Crippen LogP contribution in [-0.4, -0.2) is 18.5 Å². The number of halogens is 2. The third-order valence-electron chi connectivity index (χ3n) is 3.06. The van der Waals surface area contributed by atoms with Gasteiger partial charge in [-0.2, -0.15) is 0 Å². The predicted molar refractivity (Wildman–Crippen MR) is 91.2 cm³/mol. The summed E-state index contributed by atoms with van der Waals surface area (Å²) in [6.45, 7) is 1.41. The lowest BCUT2D eigenvalue weighted by molar-refractivity contribution is -0.142. The fourth-order valence-corrected chi connectivity index (χ4v) is 2.01. The molecule has 0 fully saturated rings. The SMILES string of the molecule is Cc1ccc(/C=C/C(=O)OCC(=O)Nc2cccc(F)c2)cc1Cl. The van der Waals surface area contributed by atoms with Crippen molar-refractivity contribution < 1.29 is 18.7 Å². The Kier molecular flexibility index (Phi) is 6.09. The predicted octanol–water partition coefficient (Wildman–Crippen LogP) is 3.98. The van der Waals surface area contributed by atoms with Crippen LogP contribution in [0, 0.1) is 12.7 Å². The van der Waals surface area contributed by atoms with E-state index in [9.17, 15) is 14.0 Å². The lowest BCUT2D eigenvalue weighted by Gasteiger charge is -2.05. The van der Waals surface area contributed by atoms with Gasteiger partial charge in [0, 0.05) is 16.8 Å². The van der Waals surface area contributed by atoms with Crippen LogP contribution in [0.15, 0.2) is 48.5 Å². The van der Waals surface area contributed by atoms with Gasteiger partial charge in [0.2, 0.25) is 0 Å². The zero-order chi connectivity index (χ0) is 17.5. The van der Waals surface area contributed by atoms with Gasteiger partial charge in [0.1, 0.15) is 5.82 Å². The van der Waals surface area contributed by atoms with Crippen molar-refractivity contribution in [3.05, 3.63) is 70.5 Å². The highest BCUT2D eigenvalue weighted by atomic mass is 35.5. The van der Waals surface area contributed by atoms with Crippen LogP contribution in [0.3, 0.4) is 0 Å². The van der Waals surface area contributed by atoms with Crippen LogP contribution in [0.1, 0.15) is 11.1 Å². The first-order valence-electron chi connectivity index (χ1n) is 7.10. The molecule has 0 aliphatic carbocycles. The van der Waals surface area contributed by atoms with Gasteiger partial charge in [0.05, 0.1) is 0 Å². The number of nitrogens with one attached hydrogen (secondary N) is 1. The normalized spacial score (nSPS) is 10.6. The quantitative estimate of drug-likeness (QED) is 0.657. The molecule has 2 rings (SSSR count). The van der Waals surface area contributed by atoms with Crippen molar-refractivity contribution in [2.45, 2.75) is 6.92 Å². The molecule has 1 N–H and O–H groups in total. The van der Waals surface area contributed by atoms with Crippen molar-refractivity contribution in [3.63, 3.8) is 0 Å². The number of amides is 1. The van der Waals surface area contributed by atoms with Crippen molar-refractivity contribution in [1.82, 2.24) is 0 Å². The summed E-state index contributed by atoms with van der Waals surface area (Å²) in [4.78, 5) is 23.2. The zero-order valence-electron chi connectivity index (χ0n) is 12.9. The maximum Gasteiger partial charge on any atom is 0.331 e. The van der Waals surface area contributed by atoms with Gasteiger partial charge in [-0.3, -0.25) is 4.79 Å². The number of hydrogen-bond donors (Lipinski definition) is 1. The Balaban J connectivity index is 1.83. The summed E-state index contributed by atoms with van der Waals surface area (Å²) in [6, 6.07) is 10.8. The number of esters is 1. The summed E-state index contributed by atoms with van der Waals surface area (Å²) >= 11 is 5.99. The Hall–Kier alpha value is -2.66. The van der Waals surface area contributed by atoms with E-state index >= 15 is 0 Å². The molecule has 4 nitrogen and oxygen atoms in total. The fraction of sp³-hybridized carbons (Fsp3) is 0.111. The van der Waals surface area contributed by atoms with Crippen LogP contribution in [-0.2, 0) is 14.3 Å². The molecule has 0 spiro atoms. The Labute approximate surface area is 143 Å². The summed E-state index contributed by atoms with van der Waals surface area (Å²) in [5.74, 6) is -1.69. The number of benzene rings is 2. The summed E-state index contributed by atoms with van der Waals surface area (Å²) in [7, 11) is 0. The highest BCUT2D eigenvalue weighted by Gasteiger charge is 2.06. The second kappa shape index (κ2) is 8.26. The third kappa shape index (κ3) is 5.52. The molecule has 0 aromatic heterocycles.